The van der Waals surface area contributed by atoms with Gasteiger partial charge in [-0.1, -0.05) is 19.9 Å². The molecule has 1 heterocycles. The molecule has 106 valence electrons. The van der Waals surface area contributed by atoms with Crippen molar-refractivity contribution in [2.24, 2.45) is 0 Å². The number of hydrogen-bond acceptors (Lipinski definition) is 3. The molecule has 1 aromatic carbocycles. The largest absolute Gasteiger partial charge is 0.456 e. The smallest absolute Gasteiger partial charge is 0.145 e. The van der Waals surface area contributed by atoms with Crippen molar-refractivity contribution in [1.82, 2.24) is 10.3 Å². The van der Waals surface area contributed by atoms with Gasteiger partial charge in [0.15, 0.2) is 0 Å². The fourth-order valence-electron chi connectivity index (χ4n) is 2.03. The molecule has 1 N–H and O–H groups in total. The highest BCUT2D eigenvalue weighted by molar-refractivity contribution is 5.30. The Labute approximate surface area is 118 Å². The van der Waals surface area contributed by atoms with E-state index in [9.17, 15) is 4.39 Å². The van der Waals surface area contributed by atoms with Gasteiger partial charge in [0.05, 0.1) is 11.9 Å². The quantitative estimate of drug-likeness (QED) is 0.862. The lowest BCUT2D eigenvalue weighted by molar-refractivity contribution is 0.471. The number of nitrogens with zero attached hydrogens (tertiary/aromatic N) is 1. The average molecular weight is 274 g/mol. The molecule has 0 amide bonds. The summed E-state index contributed by atoms with van der Waals surface area (Å²) in [7, 11) is 0. The molecule has 1 aromatic heterocycles. The van der Waals surface area contributed by atoms with Crippen molar-refractivity contribution in [2.75, 3.05) is 6.54 Å². The second-order valence-electron chi connectivity index (χ2n) is 4.50. The maximum atomic E-state index is 13.1. The molecule has 0 bridgehead atoms. The zero-order valence-corrected chi connectivity index (χ0v) is 11.8. The van der Waals surface area contributed by atoms with Crippen LogP contribution in [0, 0.1) is 5.82 Å². The summed E-state index contributed by atoms with van der Waals surface area (Å²) in [4.78, 5) is 4.41. The third kappa shape index (κ3) is 3.78. The van der Waals surface area contributed by atoms with Crippen molar-refractivity contribution in [3.05, 3.63) is 54.1 Å². The van der Waals surface area contributed by atoms with Crippen molar-refractivity contribution in [3.8, 4) is 11.5 Å². The number of hydrogen-bond donors (Lipinski definition) is 1. The molecule has 0 aliphatic rings. The maximum Gasteiger partial charge on any atom is 0.145 e. The number of halogens is 1. The molecule has 0 fully saturated rings. The Balaban J connectivity index is 2.08. The van der Waals surface area contributed by atoms with E-state index in [1.54, 1.807) is 18.3 Å². The van der Waals surface area contributed by atoms with Gasteiger partial charge in [0.1, 0.15) is 17.3 Å². The zero-order chi connectivity index (χ0) is 14.4. The first kappa shape index (κ1) is 14.5. The average Bonchev–Trinajstić information content (AvgIpc) is 2.46. The van der Waals surface area contributed by atoms with E-state index >= 15 is 0 Å². The van der Waals surface area contributed by atoms with Crippen LogP contribution < -0.4 is 10.1 Å². The van der Waals surface area contributed by atoms with Gasteiger partial charge in [-0.2, -0.15) is 0 Å². The van der Waals surface area contributed by atoms with E-state index in [2.05, 4.69) is 24.1 Å². The van der Waals surface area contributed by atoms with Crippen molar-refractivity contribution in [2.45, 2.75) is 26.3 Å². The second kappa shape index (κ2) is 7.01. The minimum absolute atomic E-state index is 0.253. The van der Waals surface area contributed by atoms with E-state index in [1.165, 1.54) is 12.1 Å². The van der Waals surface area contributed by atoms with Crippen molar-refractivity contribution in [3.63, 3.8) is 0 Å². The van der Waals surface area contributed by atoms with Crippen LogP contribution in [0.1, 0.15) is 32.0 Å². The lowest BCUT2D eigenvalue weighted by Gasteiger charge is -2.15. The van der Waals surface area contributed by atoms with Crippen LogP contribution in [0.5, 0.6) is 11.5 Å². The van der Waals surface area contributed by atoms with Crippen LogP contribution in [0.15, 0.2) is 42.6 Å². The molecule has 4 heteroatoms. The molecule has 0 radical (unpaired) electrons. The highest BCUT2D eigenvalue weighted by Crippen LogP contribution is 2.23. The third-order valence-corrected chi connectivity index (χ3v) is 3.01. The maximum absolute atomic E-state index is 13.1. The standard InChI is InChI=1S/C16H19FN2O/c1-3-15(18-4-2)16-9-8-14(11-19-16)20-13-7-5-6-12(17)10-13/h5-11,15,18H,3-4H2,1-2H3. The molecule has 0 aliphatic carbocycles. The van der Waals surface area contributed by atoms with Gasteiger partial charge in [-0.15, -0.1) is 0 Å². The SMILES string of the molecule is CCNC(CC)c1ccc(Oc2cccc(F)c2)cn1. The van der Waals surface area contributed by atoms with Gasteiger partial charge in [-0.3, -0.25) is 4.98 Å². The highest BCUT2D eigenvalue weighted by atomic mass is 19.1. The van der Waals surface area contributed by atoms with Gasteiger partial charge in [0, 0.05) is 12.1 Å². The summed E-state index contributed by atoms with van der Waals surface area (Å²) in [6.45, 7) is 5.10. The minimum atomic E-state index is -0.315. The Kier molecular flexibility index (Phi) is 5.07. The summed E-state index contributed by atoms with van der Waals surface area (Å²) in [5.74, 6) is 0.759. The van der Waals surface area contributed by atoms with Gasteiger partial charge in [0.25, 0.3) is 0 Å². The molecule has 3 nitrogen and oxygen atoms in total. The van der Waals surface area contributed by atoms with Crippen molar-refractivity contribution in [1.29, 1.82) is 0 Å². The van der Waals surface area contributed by atoms with Crippen molar-refractivity contribution >= 4 is 0 Å². The Morgan fingerprint density at radius 2 is 2.05 bits per heavy atom. The van der Waals surface area contributed by atoms with Crippen LogP contribution in [0.2, 0.25) is 0 Å². The Morgan fingerprint density at radius 1 is 1.20 bits per heavy atom. The Morgan fingerprint density at radius 3 is 2.65 bits per heavy atom. The lowest BCUT2D eigenvalue weighted by Crippen LogP contribution is -2.20. The number of pyridine rings is 1. The lowest BCUT2D eigenvalue weighted by atomic mass is 10.1. The van der Waals surface area contributed by atoms with Gasteiger partial charge in [-0.05, 0) is 37.2 Å². The van der Waals surface area contributed by atoms with Crippen LogP contribution in [0.3, 0.4) is 0 Å². The summed E-state index contributed by atoms with van der Waals surface area (Å²) in [5, 5.41) is 3.37. The van der Waals surface area contributed by atoms with Crippen LogP contribution >= 0.6 is 0 Å². The molecule has 0 aliphatic heterocycles. The number of benzene rings is 1. The van der Waals surface area contributed by atoms with E-state index < -0.39 is 0 Å². The van der Waals surface area contributed by atoms with E-state index in [4.69, 9.17) is 4.74 Å². The van der Waals surface area contributed by atoms with E-state index in [-0.39, 0.29) is 11.9 Å². The van der Waals surface area contributed by atoms with Crippen LogP contribution in [0.25, 0.3) is 0 Å². The molecule has 2 aromatic rings. The molecular formula is C16H19FN2O. The van der Waals surface area contributed by atoms with Crippen LogP contribution in [-0.2, 0) is 0 Å². The van der Waals surface area contributed by atoms with E-state index in [0.29, 0.717) is 11.5 Å². The molecule has 1 atom stereocenters. The number of nitrogens with one attached hydrogen (secondary N) is 1. The molecule has 1 unspecified atom stereocenters. The van der Waals surface area contributed by atoms with Gasteiger partial charge >= 0.3 is 0 Å². The normalized spacial score (nSPS) is 12.2. The molecule has 2 rings (SSSR count). The molecule has 20 heavy (non-hydrogen) atoms. The first-order valence-corrected chi connectivity index (χ1v) is 6.85. The summed E-state index contributed by atoms with van der Waals surface area (Å²) in [6.07, 6.45) is 2.64. The topological polar surface area (TPSA) is 34.1 Å². The fourth-order valence-corrected chi connectivity index (χ4v) is 2.03. The summed E-state index contributed by atoms with van der Waals surface area (Å²) < 4.78 is 18.6. The fraction of sp³-hybridized carbons (Fsp3) is 0.312. The summed E-state index contributed by atoms with van der Waals surface area (Å²) >= 11 is 0. The number of ether oxygens (including phenoxy) is 1. The Bertz CT molecular complexity index is 542. The summed E-state index contributed by atoms with van der Waals surface area (Å²) in [6, 6.07) is 10.1. The first-order valence-electron chi connectivity index (χ1n) is 6.85. The van der Waals surface area contributed by atoms with Crippen molar-refractivity contribution < 1.29 is 9.13 Å². The predicted octanol–water partition coefficient (Wildman–Crippen LogP) is 4.07. The summed E-state index contributed by atoms with van der Waals surface area (Å²) in [5.41, 5.74) is 0.987. The molecular weight excluding hydrogens is 255 g/mol. The molecule has 0 saturated heterocycles. The predicted molar refractivity (Wildman–Crippen MR) is 77.4 cm³/mol. The minimum Gasteiger partial charge on any atom is -0.456 e. The monoisotopic (exact) mass is 274 g/mol. The van der Waals surface area contributed by atoms with E-state index in [1.807, 2.05) is 12.1 Å². The van der Waals surface area contributed by atoms with E-state index in [0.717, 1.165) is 18.7 Å². The highest BCUT2D eigenvalue weighted by Gasteiger charge is 2.09. The van der Waals surface area contributed by atoms with Crippen LogP contribution in [0.4, 0.5) is 4.39 Å². The number of rotatable bonds is 6. The van der Waals surface area contributed by atoms with Gasteiger partial charge in [-0.25, -0.2) is 4.39 Å². The van der Waals surface area contributed by atoms with Gasteiger partial charge in [0.2, 0.25) is 0 Å². The van der Waals surface area contributed by atoms with Gasteiger partial charge < -0.3 is 10.1 Å². The third-order valence-electron chi connectivity index (χ3n) is 3.01. The Hall–Kier alpha value is -1.94. The van der Waals surface area contributed by atoms with Crippen LogP contribution in [-0.4, -0.2) is 11.5 Å². The number of aromatic nitrogens is 1. The molecule has 0 saturated carbocycles. The molecule has 0 spiro atoms. The zero-order valence-electron chi connectivity index (χ0n) is 11.8. The first-order chi connectivity index (χ1) is 9.72. The second-order valence-corrected chi connectivity index (χ2v) is 4.50.